The van der Waals surface area contributed by atoms with Gasteiger partial charge in [0.25, 0.3) is 11.5 Å². The van der Waals surface area contributed by atoms with Gasteiger partial charge in [-0.1, -0.05) is 6.92 Å². The minimum atomic E-state index is -0.298. The molecule has 0 aliphatic carbocycles. The van der Waals surface area contributed by atoms with Crippen molar-refractivity contribution in [2.75, 3.05) is 19.6 Å². The molecule has 1 aromatic rings. The Hall–Kier alpha value is -1.62. The first-order chi connectivity index (χ1) is 8.63. The van der Waals surface area contributed by atoms with E-state index in [0.717, 1.165) is 25.2 Å². The number of carbonyl (C=O) groups is 1. The molecule has 0 aromatic carbocycles. The Balaban J connectivity index is 2.24. The normalized spacial score (nSPS) is 15.2. The van der Waals surface area contributed by atoms with Gasteiger partial charge in [-0.25, -0.2) is 0 Å². The maximum Gasteiger partial charge on any atom is 0.260 e. The number of aromatic nitrogens is 1. The third kappa shape index (κ3) is 2.46. The molecule has 0 radical (unpaired) electrons. The lowest BCUT2D eigenvalue weighted by Crippen LogP contribution is -2.59. The van der Waals surface area contributed by atoms with Crippen LogP contribution in [0.5, 0.6) is 0 Å². The Morgan fingerprint density at radius 2 is 2.17 bits per heavy atom. The average molecular weight is 249 g/mol. The van der Waals surface area contributed by atoms with Gasteiger partial charge < -0.3 is 15.2 Å². The van der Waals surface area contributed by atoms with Crippen LogP contribution in [0.1, 0.15) is 29.4 Å². The maximum atomic E-state index is 12.4. The molecule has 0 spiro atoms. The monoisotopic (exact) mass is 249 g/mol. The van der Waals surface area contributed by atoms with E-state index in [-0.39, 0.29) is 23.1 Å². The smallest absolute Gasteiger partial charge is 0.260 e. The van der Waals surface area contributed by atoms with Gasteiger partial charge in [0.2, 0.25) is 0 Å². The number of aryl methyl sites for hydroxylation is 1. The number of rotatable bonds is 4. The lowest BCUT2D eigenvalue weighted by atomic mass is 10.1. The van der Waals surface area contributed by atoms with E-state index in [0.29, 0.717) is 6.54 Å². The lowest BCUT2D eigenvalue weighted by Gasteiger charge is -2.38. The topological polar surface area (TPSA) is 65.2 Å². The van der Waals surface area contributed by atoms with Crippen LogP contribution >= 0.6 is 0 Å². The molecule has 2 heterocycles. The highest BCUT2D eigenvalue weighted by Crippen LogP contribution is 2.10. The molecule has 1 saturated heterocycles. The number of amides is 1. The molecule has 0 saturated carbocycles. The summed E-state index contributed by atoms with van der Waals surface area (Å²) in [6.45, 7) is 6.16. The molecule has 5 heteroatoms. The second-order valence-corrected chi connectivity index (χ2v) is 4.69. The van der Waals surface area contributed by atoms with Gasteiger partial charge in [0.1, 0.15) is 5.56 Å². The van der Waals surface area contributed by atoms with Gasteiger partial charge in [0, 0.05) is 25.3 Å². The quantitative estimate of drug-likeness (QED) is 0.817. The Labute approximate surface area is 106 Å². The molecular formula is C13H19N3O2. The molecule has 18 heavy (non-hydrogen) atoms. The minimum absolute atomic E-state index is 0.162. The van der Waals surface area contributed by atoms with Crippen molar-refractivity contribution < 1.29 is 4.79 Å². The molecule has 1 aromatic heterocycles. The number of aromatic amines is 1. The molecule has 1 amide bonds. The number of hydrogen-bond donors (Lipinski definition) is 2. The van der Waals surface area contributed by atoms with Gasteiger partial charge in [-0.15, -0.1) is 0 Å². The highest BCUT2D eigenvalue weighted by Gasteiger charge is 2.29. The van der Waals surface area contributed by atoms with E-state index in [1.54, 1.807) is 24.0 Å². The number of carbonyl (C=O) groups excluding carboxylic acids is 1. The molecule has 0 unspecified atom stereocenters. The molecule has 1 aliphatic rings. The molecule has 5 nitrogen and oxygen atoms in total. The van der Waals surface area contributed by atoms with Gasteiger partial charge in [0.05, 0.1) is 6.04 Å². The zero-order valence-corrected chi connectivity index (χ0v) is 10.8. The third-order valence-corrected chi connectivity index (χ3v) is 3.21. The summed E-state index contributed by atoms with van der Waals surface area (Å²) in [7, 11) is 0. The van der Waals surface area contributed by atoms with E-state index in [2.05, 4.69) is 10.3 Å². The van der Waals surface area contributed by atoms with Crippen molar-refractivity contribution in [1.82, 2.24) is 15.2 Å². The van der Waals surface area contributed by atoms with Gasteiger partial charge in [-0.2, -0.15) is 0 Å². The van der Waals surface area contributed by atoms with Crippen molar-refractivity contribution in [2.45, 2.75) is 26.3 Å². The van der Waals surface area contributed by atoms with Crippen LogP contribution in [0.2, 0.25) is 0 Å². The van der Waals surface area contributed by atoms with E-state index < -0.39 is 0 Å². The Morgan fingerprint density at radius 3 is 2.67 bits per heavy atom. The highest BCUT2D eigenvalue weighted by atomic mass is 16.2. The van der Waals surface area contributed by atoms with E-state index in [1.807, 2.05) is 6.92 Å². The fourth-order valence-electron chi connectivity index (χ4n) is 2.08. The van der Waals surface area contributed by atoms with Crippen LogP contribution in [0.15, 0.2) is 16.9 Å². The lowest BCUT2D eigenvalue weighted by molar-refractivity contribution is 0.0614. The summed E-state index contributed by atoms with van der Waals surface area (Å²) >= 11 is 0. The Kier molecular flexibility index (Phi) is 3.81. The van der Waals surface area contributed by atoms with Gasteiger partial charge in [0.15, 0.2) is 0 Å². The van der Waals surface area contributed by atoms with Crippen LogP contribution in [0.25, 0.3) is 0 Å². The zero-order valence-electron chi connectivity index (χ0n) is 10.8. The average Bonchev–Trinajstić information content (AvgIpc) is 2.25. The van der Waals surface area contributed by atoms with E-state index in [1.165, 1.54) is 0 Å². The fourth-order valence-corrected chi connectivity index (χ4v) is 2.08. The van der Waals surface area contributed by atoms with Crippen molar-refractivity contribution in [2.24, 2.45) is 0 Å². The summed E-state index contributed by atoms with van der Waals surface area (Å²) < 4.78 is 0. The molecule has 1 aliphatic heterocycles. The third-order valence-electron chi connectivity index (χ3n) is 3.21. The predicted octanol–water partition coefficient (Wildman–Crippen LogP) is 0.507. The number of H-pyrrole nitrogens is 1. The predicted molar refractivity (Wildman–Crippen MR) is 69.8 cm³/mol. The number of nitrogens with one attached hydrogen (secondary N) is 2. The van der Waals surface area contributed by atoms with E-state index in [9.17, 15) is 9.59 Å². The van der Waals surface area contributed by atoms with Gasteiger partial charge >= 0.3 is 0 Å². The number of nitrogens with zero attached hydrogens (tertiary/aromatic N) is 1. The van der Waals surface area contributed by atoms with Crippen LogP contribution in [-0.2, 0) is 0 Å². The maximum absolute atomic E-state index is 12.4. The first kappa shape index (κ1) is 12.8. The van der Waals surface area contributed by atoms with Crippen molar-refractivity contribution in [3.8, 4) is 0 Å². The Morgan fingerprint density at radius 1 is 1.44 bits per heavy atom. The minimum Gasteiger partial charge on any atom is -0.333 e. The summed E-state index contributed by atoms with van der Waals surface area (Å²) in [6.07, 6.45) is 0.895. The fraction of sp³-hybridized carbons (Fsp3) is 0.538. The first-order valence-corrected chi connectivity index (χ1v) is 6.35. The summed E-state index contributed by atoms with van der Waals surface area (Å²) in [5, 5.41) is 3.15. The summed E-state index contributed by atoms with van der Waals surface area (Å²) in [4.78, 5) is 28.7. The van der Waals surface area contributed by atoms with Crippen LogP contribution < -0.4 is 10.9 Å². The van der Waals surface area contributed by atoms with Crippen molar-refractivity contribution in [3.05, 3.63) is 33.7 Å². The largest absolute Gasteiger partial charge is 0.333 e. The van der Waals surface area contributed by atoms with Gasteiger partial charge in [-0.3, -0.25) is 9.59 Å². The van der Waals surface area contributed by atoms with Crippen LogP contribution in [0.3, 0.4) is 0 Å². The number of pyridine rings is 1. The van der Waals surface area contributed by atoms with Crippen molar-refractivity contribution in [1.29, 1.82) is 0 Å². The molecule has 0 bridgehead atoms. The van der Waals surface area contributed by atoms with E-state index >= 15 is 0 Å². The molecular weight excluding hydrogens is 230 g/mol. The van der Waals surface area contributed by atoms with Gasteiger partial charge in [-0.05, 0) is 25.5 Å². The highest BCUT2D eigenvalue weighted by molar-refractivity contribution is 5.94. The number of hydrogen-bond acceptors (Lipinski definition) is 3. The zero-order chi connectivity index (χ0) is 13.1. The first-order valence-electron chi connectivity index (χ1n) is 6.35. The van der Waals surface area contributed by atoms with Crippen LogP contribution in [0.4, 0.5) is 0 Å². The van der Waals surface area contributed by atoms with Crippen LogP contribution in [0, 0.1) is 6.92 Å². The van der Waals surface area contributed by atoms with Crippen molar-refractivity contribution in [3.63, 3.8) is 0 Å². The second-order valence-electron chi connectivity index (χ2n) is 4.69. The molecule has 0 atom stereocenters. The molecule has 2 N–H and O–H groups in total. The Bertz CT molecular complexity index is 491. The molecule has 2 rings (SSSR count). The summed E-state index contributed by atoms with van der Waals surface area (Å²) in [5.41, 5.74) is 0.707. The second kappa shape index (κ2) is 5.35. The van der Waals surface area contributed by atoms with E-state index in [4.69, 9.17) is 0 Å². The standard InChI is InChI=1S/C13H19N3O2/c1-3-6-16(10-7-14-8-10)13(18)11-5-4-9(2)15-12(11)17/h4-5,10,14H,3,6-8H2,1-2H3,(H,15,17). The SMILES string of the molecule is CCCN(C(=O)c1ccc(C)[nH]c1=O)C1CNC1. The molecule has 1 fully saturated rings. The summed E-state index contributed by atoms with van der Waals surface area (Å²) in [5.74, 6) is -0.162. The van der Waals surface area contributed by atoms with Crippen LogP contribution in [-0.4, -0.2) is 41.5 Å². The molecule has 98 valence electrons. The van der Waals surface area contributed by atoms with Crippen molar-refractivity contribution >= 4 is 5.91 Å². The summed E-state index contributed by atoms with van der Waals surface area (Å²) in [6, 6.07) is 3.60.